The second kappa shape index (κ2) is 10.8. The molecule has 1 aliphatic heterocycles. The number of hydrogen-bond donors (Lipinski definition) is 0. The van der Waals surface area contributed by atoms with Crippen LogP contribution in [0.2, 0.25) is 5.02 Å². The Labute approximate surface area is 214 Å². The third-order valence-electron chi connectivity index (χ3n) is 7.38. The Bertz CT molecular complexity index is 1050. The molecule has 0 bridgehead atoms. The van der Waals surface area contributed by atoms with Crippen molar-refractivity contribution >= 4 is 27.4 Å². The van der Waals surface area contributed by atoms with Gasteiger partial charge in [0.25, 0.3) is 0 Å². The lowest BCUT2D eigenvalue weighted by atomic mass is 9.74. The Morgan fingerprint density at radius 2 is 1.78 bits per heavy atom. The van der Waals surface area contributed by atoms with E-state index in [9.17, 15) is 35.2 Å². The van der Waals surface area contributed by atoms with E-state index < -0.39 is 39.0 Å². The highest BCUT2D eigenvalue weighted by molar-refractivity contribution is 7.89. The van der Waals surface area contributed by atoms with Crippen molar-refractivity contribution in [1.29, 1.82) is 0 Å². The summed E-state index contributed by atoms with van der Waals surface area (Å²) < 4.78 is 93.6. The van der Waals surface area contributed by atoms with Gasteiger partial charge in [-0.3, -0.25) is 9.69 Å². The second-order valence-electron chi connectivity index (χ2n) is 9.92. The van der Waals surface area contributed by atoms with E-state index in [-0.39, 0.29) is 67.5 Å². The van der Waals surface area contributed by atoms with E-state index in [1.807, 2.05) is 4.90 Å². The predicted octanol–water partition coefficient (Wildman–Crippen LogP) is 6.02. The fourth-order valence-electron chi connectivity index (χ4n) is 5.36. The first-order valence-corrected chi connectivity index (χ1v) is 14.1. The Balaban J connectivity index is 1.77. The van der Waals surface area contributed by atoms with Gasteiger partial charge in [0.05, 0.1) is 16.3 Å². The maximum atomic E-state index is 14.1. The number of Topliss-reactive ketones (excluding diaryl/α,β-unsaturated/α-hetero) is 1. The maximum Gasteiger partial charge on any atom is 0.416 e. The molecule has 1 aromatic rings. The monoisotopic (exact) mass is 558 g/mol. The summed E-state index contributed by atoms with van der Waals surface area (Å²) in [6.07, 6.45) is -4.34. The molecule has 1 saturated heterocycles. The van der Waals surface area contributed by atoms with Crippen molar-refractivity contribution in [3.8, 4) is 0 Å². The van der Waals surface area contributed by atoms with Crippen molar-refractivity contribution in [2.45, 2.75) is 82.5 Å². The number of carbonyl (C=O) groups excluding carboxylic acids is 1. The Morgan fingerprint density at radius 1 is 1.14 bits per heavy atom. The van der Waals surface area contributed by atoms with Crippen LogP contribution in [-0.4, -0.2) is 66.3 Å². The highest BCUT2D eigenvalue weighted by atomic mass is 35.5. The minimum atomic E-state index is -4.59. The van der Waals surface area contributed by atoms with Crippen molar-refractivity contribution in [3.05, 3.63) is 34.3 Å². The molecule has 204 valence electrons. The first-order valence-electron chi connectivity index (χ1n) is 12.1. The van der Waals surface area contributed by atoms with Crippen molar-refractivity contribution < 1.29 is 35.2 Å². The fraction of sp³-hybridized carbons (Fsp3) is 0.708. The molecule has 3 rings (SSSR count). The van der Waals surface area contributed by atoms with Gasteiger partial charge in [0.15, 0.2) is 5.78 Å². The summed E-state index contributed by atoms with van der Waals surface area (Å²) in [5, 5.41) is -0.303. The summed E-state index contributed by atoms with van der Waals surface area (Å²) in [4.78, 5) is 15.0. The molecule has 0 aromatic heterocycles. The van der Waals surface area contributed by atoms with Crippen LogP contribution in [0.1, 0.15) is 74.7 Å². The van der Waals surface area contributed by atoms with E-state index in [0.717, 1.165) is 12.1 Å². The SMILES string of the molecule is CCCS(=O)(=O)N1CCN(C2(CCC(=O)c3ccc(C(F)(F)F)cc3Cl)CCC(F)(F)CC2)CC1C. The number of piperazine rings is 1. The van der Waals surface area contributed by atoms with Gasteiger partial charge >= 0.3 is 6.18 Å². The largest absolute Gasteiger partial charge is 0.416 e. The minimum Gasteiger partial charge on any atom is -0.295 e. The van der Waals surface area contributed by atoms with Crippen LogP contribution in [0.25, 0.3) is 0 Å². The summed E-state index contributed by atoms with van der Waals surface area (Å²) in [6, 6.07) is 2.21. The summed E-state index contributed by atoms with van der Waals surface area (Å²) >= 11 is 5.98. The molecule has 0 amide bonds. The van der Waals surface area contributed by atoms with Crippen LogP contribution in [-0.2, 0) is 16.2 Å². The van der Waals surface area contributed by atoms with Crippen LogP contribution in [0.5, 0.6) is 0 Å². The highest BCUT2D eigenvalue weighted by Crippen LogP contribution is 2.45. The zero-order valence-electron chi connectivity index (χ0n) is 20.4. The average molecular weight is 559 g/mol. The van der Waals surface area contributed by atoms with Crippen molar-refractivity contribution in [2.75, 3.05) is 25.4 Å². The third-order valence-corrected chi connectivity index (χ3v) is 9.88. The van der Waals surface area contributed by atoms with E-state index >= 15 is 0 Å². The molecule has 0 radical (unpaired) electrons. The summed E-state index contributed by atoms with van der Waals surface area (Å²) in [5.41, 5.74) is -1.73. The molecule has 12 heteroatoms. The Morgan fingerprint density at radius 3 is 2.31 bits per heavy atom. The number of nitrogens with zero attached hydrogens (tertiary/aromatic N) is 2. The molecule has 1 aliphatic carbocycles. The lowest BCUT2D eigenvalue weighted by Crippen LogP contribution is -2.62. The average Bonchev–Trinajstić information content (AvgIpc) is 2.77. The quantitative estimate of drug-likeness (QED) is 0.289. The number of alkyl halides is 5. The van der Waals surface area contributed by atoms with Gasteiger partial charge in [-0.15, -0.1) is 0 Å². The van der Waals surface area contributed by atoms with Gasteiger partial charge in [0.1, 0.15) is 0 Å². The van der Waals surface area contributed by atoms with E-state index in [1.165, 1.54) is 4.31 Å². The molecule has 2 aliphatic rings. The minimum absolute atomic E-state index is 0.0372. The normalized spacial score (nSPS) is 23.5. The van der Waals surface area contributed by atoms with Gasteiger partial charge in [-0.2, -0.15) is 17.5 Å². The molecular formula is C24H32ClF5N2O3S. The molecule has 1 heterocycles. The van der Waals surface area contributed by atoms with Crippen LogP contribution in [0.15, 0.2) is 18.2 Å². The zero-order chi connectivity index (χ0) is 26.9. The lowest BCUT2D eigenvalue weighted by Gasteiger charge is -2.52. The molecule has 1 atom stereocenters. The fourth-order valence-corrected chi connectivity index (χ4v) is 7.38. The topological polar surface area (TPSA) is 57.7 Å². The van der Waals surface area contributed by atoms with Crippen LogP contribution < -0.4 is 0 Å². The van der Waals surface area contributed by atoms with Crippen LogP contribution in [0, 0.1) is 0 Å². The van der Waals surface area contributed by atoms with Gasteiger partial charge in [-0.05, 0) is 50.8 Å². The number of sulfonamides is 1. The standard InChI is InChI=1S/C24H32ClF5N2O3S/c1-3-14-36(34,35)32-13-12-31(16-17(32)2)22(8-10-23(26,27)11-9-22)7-6-21(33)19-5-4-18(15-20(19)25)24(28,29)30/h4-5,15,17H,3,6-14,16H2,1-2H3. The Kier molecular flexibility index (Phi) is 8.80. The van der Waals surface area contributed by atoms with Crippen molar-refractivity contribution in [3.63, 3.8) is 0 Å². The highest BCUT2D eigenvalue weighted by Gasteiger charge is 2.48. The van der Waals surface area contributed by atoms with Crippen molar-refractivity contribution in [2.24, 2.45) is 0 Å². The molecule has 1 unspecified atom stereocenters. The molecule has 36 heavy (non-hydrogen) atoms. The first-order chi connectivity index (χ1) is 16.6. The number of rotatable bonds is 8. The van der Waals surface area contributed by atoms with E-state index in [1.54, 1.807) is 13.8 Å². The van der Waals surface area contributed by atoms with Crippen molar-refractivity contribution in [1.82, 2.24) is 9.21 Å². The number of ketones is 1. The molecule has 0 spiro atoms. The molecule has 0 N–H and O–H groups in total. The zero-order valence-corrected chi connectivity index (χ0v) is 22.0. The van der Waals surface area contributed by atoms with E-state index in [2.05, 4.69) is 0 Å². The smallest absolute Gasteiger partial charge is 0.295 e. The molecule has 1 saturated carbocycles. The van der Waals surface area contributed by atoms with Gasteiger partial charge < -0.3 is 0 Å². The van der Waals surface area contributed by atoms with Gasteiger partial charge in [0, 0.05) is 56.0 Å². The van der Waals surface area contributed by atoms with Gasteiger partial charge in [0.2, 0.25) is 15.9 Å². The van der Waals surface area contributed by atoms with Gasteiger partial charge in [-0.25, -0.2) is 17.2 Å². The lowest BCUT2D eigenvalue weighted by molar-refractivity contribution is -0.137. The van der Waals surface area contributed by atoms with Crippen LogP contribution in [0.3, 0.4) is 0 Å². The van der Waals surface area contributed by atoms with E-state index in [0.29, 0.717) is 25.6 Å². The molecular weight excluding hydrogens is 527 g/mol. The number of carbonyl (C=O) groups is 1. The number of hydrogen-bond acceptors (Lipinski definition) is 4. The molecule has 1 aromatic carbocycles. The Hall–Kier alpha value is -1.30. The predicted molar refractivity (Wildman–Crippen MR) is 128 cm³/mol. The summed E-state index contributed by atoms with van der Waals surface area (Å²) in [5.74, 6) is -3.22. The van der Waals surface area contributed by atoms with E-state index in [4.69, 9.17) is 11.6 Å². The molecule has 5 nitrogen and oxygen atoms in total. The van der Waals surface area contributed by atoms with Crippen LogP contribution in [0.4, 0.5) is 22.0 Å². The second-order valence-corrected chi connectivity index (χ2v) is 12.4. The molecule has 2 fully saturated rings. The first kappa shape index (κ1) is 29.3. The summed E-state index contributed by atoms with van der Waals surface area (Å²) in [6.45, 7) is 4.52. The number of benzene rings is 1. The summed E-state index contributed by atoms with van der Waals surface area (Å²) in [7, 11) is -3.42. The van der Waals surface area contributed by atoms with Gasteiger partial charge in [-0.1, -0.05) is 18.5 Å². The van der Waals surface area contributed by atoms with Crippen LogP contribution >= 0.6 is 11.6 Å². The third kappa shape index (κ3) is 6.57. The maximum absolute atomic E-state index is 14.1. The number of halogens is 6.